The third-order valence-electron chi connectivity index (χ3n) is 3.09. The number of hydrogen-bond acceptors (Lipinski definition) is 3. The third-order valence-corrected chi connectivity index (χ3v) is 3.09. The molecule has 2 N–H and O–H groups in total. The van der Waals surface area contributed by atoms with Crippen molar-refractivity contribution in [2.24, 2.45) is 5.41 Å². The average molecular weight is 272 g/mol. The first-order chi connectivity index (χ1) is 8.71. The lowest BCUT2D eigenvalue weighted by Crippen LogP contribution is -2.52. The Morgan fingerprint density at radius 3 is 2.11 bits per heavy atom. The van der Waals surface area contributed by atoms with Crippen LogP contribution in [-0.4, -0.2) is 64.2 Å². The van der Waals surface area contributed by atoms with Crippen LogP contribution in [-0.2, 0) is 9.59 Å². The Morgan fingerprint density at radius 1 is 1.16 bits per heavy atom. The summed E-state index contributed by atoms with van der Waals surface area (Å²) in [6, 6.07) is -0.516. The largest absolute Gasteiger partial charge is 0.480 e. The fraction of sp³-hybridized carbons (Fsp3) is 0.750. The molecule has 0 bridgehead atoms. The molecule has 1 aliphatic heterocycles. The summed E-state index contributed by atoms with van der Waals surface area (Å²) in [5.74, 6) is -2.43. The molecule has 1 fully saturated rings. The van der Waals surface area contributed by atoms with Gasteiger partial charge in [0.25, 0.3) is 0 Å². The molecule has 2 amide bonds. The molecular weight excluding hydrogens is 252 g/mol. The van der Waals surface area contributed by atoms with Crippen LogP contribution in [0.1, 0.15) is 26.7 Å². The number of rotatable bonds is 4. The molecule has 7 nitrogen and oxygen atoms in total. The van der Waals surface area contributed by atoms with Crippen LogP contribution in [0.4, 0.5) is 4.79 Å². The number of carboxylic acid groups (broad SMARTS) is 2. The van der Waals surface area contributed by atoms with Gasteiger partial charge in [0.15, 0.2) is 0 Å². The average Bonchev–Trinajstić information content (AvgIpc) is 2.24. The van der Waals surface area contributed by atoms with E-state index >= 15 is 0 Å². The van der Waals surface area contributed by atoms with Gasteiger partial charge < -0.3 is 20.0 Å². The van der Waals surface area contributed by atoms with Crippen molar-refractivity contribution < 1.29 is 24.6 Å². The molecule has 0 aliphatic carbocycles. The molecule has 0 unspecified atom stereocenters. The Labute approximate surface area is 111 Å². The van der Waals surface area contributed by atoms with Gasteiger partial charge in [0.05, 0.1) is 0 Å². The highest BCUT2D eigenvalue weighted by Crippen LogP contribution is 2.28. The molecule has 0 spiro atoms. The Kier molecular flexibility index (Phi) is 4.74. The van der Waals surface area contributed by atoms with Gasteiger partial charge in [-0.25, -0.2) is 4.79 Å². The first-order valence-electron chi connectivity index (χ1n) is 6.19. The minimum absolute atomic E-state index is 0.0218. The maximum Gasteiger partial charge on any atom is 0.323 e. The molecule has 1 rings (SSSR count). The van der Waals surface area contributed by atoms with Crippen molar-refractivity contribution in [1.29, 1.82) is 0 Å². The lowest BCUT2D eigenvalue weighted by molar-refractivity contribution is -0.140. The van der Waals surface area contributed by atoms with Crippen LogP contribution in [0, 0.1) is 5.41 Å². The van der Waals surface area contributed by atoms with Crippen molar-refractivity contribution in [3.63, 3.8) is 0 Å². The predicted octanol–water partition coefficient (Wildman–Crippen LogP) is 0.700. The van der Waals surface area contributed by atoms with Crippen molar-refractivity contribution in [1.82, 2.24) is 9.80 Å². The van der Waals surface area contributed by atoms with E-state index in [4.69, 9.17) is 10.2 Å². The fourth-order valence-corrected chi connectivity index (χ4v) is 2.30. The molecular formula is C12H20N2O5. The van der Waals surface area contributed by atoms with Crippen LogP contribution >= 0.6 is 0 Å². The van der Waals surface area contributed by atoms with Crippen molar-refractivity contribution in [2.45, 2.75) is 26.7 Å². The highest BCUT2D eigenvalue weighted by molar-refractivity contribution is 5.84. The zero-order valence-electron chi connectivity index (χ0n) is 11.3. The zero-order valence-corrected chi connectivity index (χ0v) is 11.3. The third kappa shape index (κ3) is 4.76. The number of hydrogen-bond donors (Lipinski definition) is 2. The van der Waals surface area contributed by atoms with E-state index in [2.05, 4.69) is 0 Å². The molecule has 0 saturated carbocycles. The number of carboxylic acids is 2. The van der Waals surface area contributed by atoms with Crippen molar-refractivity contribution >= 4 is 18.0 Å². The summed E-state index contributed by atoms with van der Waals surface area (Å²) in [5, 5.41) is 17.5. The van der Waals surface area contributed by atoms with Gasteiger partial charge in [-0.3, -0.25) is 9.59 Å². The van der Waals surface area contributed by atoms with E-state index in [1.165, 1.54) is 4.90 Å². The molecule has 0 aromatic carbocycles. The van der Waals surface area contributed by atoms with E-state index in [0.717, 1.165) is 17.7 Å². The summed E-state index contributed by atoms with van der Waals surface area (Å²) in [6.07, 6.45) is 1.83. The van der Waals surface area contributed by atoms with Crippen LogP contribution in [0.3, 0.4) is 0 Å². The van der Waals surface area contributed by atoms with Crippen molar-refractivity contribution in [2.75, 3.05) is 26.2 Å². The minimum Gasteiger partial charge on any atom is -0.480 e. The van der Waals surface area contributed by atoms with Crippen LogP contribution in [0.15, 0.2) is 0 Å². The summed E-state index contributed by atoms with van der Waals surface area (Å²) in [6.45, 7) is 3.93. The Bertz CT molecular complexity index is 364. The van der Waals surface area contributed by atoms with Crippen LogP contribution < -0.4 is 0 Å². The van der Waals surface area contributed by atoms with E-state index < -0.39 is 31.1 Å². The zero-order chi connectivity index (χ0) is 14.6. The van der Waals surface area contributed by atoms with Gasteiger partial charge in [-0.05, 0) is 18.3 Å². The van der Waals surface area contributed by atoms with Crippen molar-refractivity contribution in [3.05, 3.63) is 0 Å². The van der Waals surface area contributed by atoms with Crippen LogP contribution in [0.5, 0.6) is 0 Å². The second-order valence-corrected chi connectivity index (χ2v) is 5.62. The smallest absolute Gasteiger partial charge is 0.323 e. The number of amides is 2. The summed E-state index contributed by atoms with van der Waals surface area (Å²) < 4.78 is 0. The molecule has 0 atom stereocenters. The molecule has 0 aromatic heterocycles. The second kappa shape index (κ2) is 5.90. The van der Waals surface area contributed by atoms with Gasteiger partial charge in [0, 0.05) is 13.1 Å². The summed E-state index contributed by atoms with van der Waals surface area (Å²) in [4.78, 5) is 36.0. The molecule has 1 aliphatic rings. The van der Waals surface area contributed by atoms with Crippen LogP contribution in [0.25, 0.3) is 0 Å². The molecule has 1 heterocycles. The van der Waals surface area contributed by atoms with Crippen LogP contribution in [0.2, 0.25) is 0 Å². The van der Waals surface area contributed by atoms with Crippen molar-refractivity contribution in [3.8, 4) is 0 Å². The second-order valence-electron chi connectivity index (χ2n) is 5.62. The molecule has 0 aromatic rings. The molecule has 19 heavy (non-hydrogen) atoms. The summed E-state index contributed by atoms with van der Waals surface area (Å²) in [5.41, 5.74) is -0.0218. The normalized spacial score (nSPS) is 17.9. The van der Waals surface area contributed by atoms with E-state index in [9.17, 15) is 14.4 Å². The first kappa shape index (κ1) is 15.3. The Hall–Kier alpha value is -1.79. The lowest BCUT2D eigenvalue weighted by Gasteiger charge is -2.39. The van der Waals surface area contributed by atoms with E-state index in [-0.39, 0.29) is 5.41 Å². The van der Waals surface area contributed by atoms with E-state index in [1.807, 2.05) is 13.8 Å². The molecule has 108 valence electrons. The molecule has 0 radical (unpaired) electrons. The monoisotopic (exact) mass is 272 g/mol. The number of nitrogens with zero attached hydrogens (tertiary/aromatic N) is 2. The quantitative estimate of drug-likeness (QED) is 0.785. The molecule has 7 heteroatoms. The van der Waals surface area contributed by atoms with Gasteiger partial charge in [0.1, 0.15) is 13.1 Å². The highest BCUT2D eigenvalue weighted by atomic mass is 16.4. The van der Waals surface area contributed by atoms with Gasteiger partial charge in [0.2, 0.25) is 0 Å². The molecule has 1 saturated heterocycles. The maximum atomic E-state index is 12.2. The Morgan fingerprint density at radius 2 is 1.68 bits per heavy atom. The van der Waals surface area contributed by atoms with Gasteiger partial charge in [-0.15, -0.1) is 0 Å². The number of piperidine rings is 1. The SMILES string of the molecule is CC1(C)CCCN(C(=O)N(CC(=O)O)CC(=O)O)C1. The number of carbonyl (C=O) groups is 3. The highest BCUT2D eigenvalue weighted by Gasteiger charge is 2.32. The fourth-order valence-electron chi connectivity index (χ4n) is 2.30. The van der Waals surface area contributed by atoms with E-state index in [0.29, 0.717) is 13.1 Å². The number of carbonyl (C=O) groups excluding carboxylic acids is 1. The van der Waals surface area contributed by atoms with Gasteiger partial charge >= 0.3 is 18.0 Å². The standard InChI is InChI=1S/C12H20N2O5/c1-12(2)4-3-5-13(8-12)11(19)14(6-9(15)16)7-10(17)18/h3-8H2,1-2H3,(H,15,16)(H,17,18). The predicted molar refractivity (Wildman–Crippen MR) is 66.8 cm³/mol. The summed E-state index contributed by atoms with van der Waals surface area (Å²) >= 11 is 0. The van der Waals surface area contributed by atoms with Gasteiger partial charge in [-0.2, -0.15) is 0 Å². The lowest BCUT2D eigenvalue weighted by atomic mass is 9.84. The number of urea groups is 1. The topological polar surface area (TPSA) is 98.2 Å². The van der Waals surface area contributed by atoms with E-state index in [1.54, 1.807) is 0 Å². The number of aliphatic carboxylic acids is 2. The van der Waals surface area contributed by atoms with Gasteiger partial charge in [-0.1, -0.05) is 13.8 Å². The Balaban J connectivity index is 2.74. The minimum atomic E-state index is -1.22. The summed E-state index contributed by atoms with van der Waals surface area (Å²) in [7, 11) is 0. The first-order valence-corrected chi connectivity index (χ1v) is 6.19. The number of likely N-dealkylation sites (tertiary alicyclic amines) is 1. The maximum absolute atomic E-state index is 12.2.